The Morgan fingerprint density at radius 1 is 1.32 bits per heavy atom. The Labute approximate surface area is 129 Å². The predicted octanol–water partition coefficient (Wildman–Crippen LogP) is 3.33. The summed E-state index contributed by atoms with van der Waals surface area (Å²) in [5, 5.41) is 0. The maximum absolute atomic E-state index is 12.3. The zero-order chi connectivity index (χ0) is 15.7. The fourth-order valence-corrected chi connectivity index (χ4v) is 2.74. The minimum absolute atomic E-state index is 0.0898. The molecule has 1 saturated carbocycles. The van der Waals surface area contributed by atoms with E-state index in [1.54, 1.807) is 6.92 Å². The van der Waals surface area contributed by atoms with Gasteiger partial charge in [-0.1, -0.05) is 31.2 Å². The van der Waals surface area contributed by atoms with Gasteiger partial charge in [0.25, 0.3) is 5.56 Å². The molecule has 0 radical (unpaired) electrons. The van der Waals surface area contributed by atoms with Crippen molar-refractivity contribution in [2.24, 2.45) is 0 Å². The highest BCUT2D eigenvalue weighted by Gasteiger charge is 2.23. The Morgan fingerprint density at radius 3 is 2.59 bits per heavy atom. The zero-order valence-electron chi connectivity index (χ0n) is 12.9. The van der Waals surface area contributed by atoms with E-state index in [1.807, 2.05) is 6.92 Å². The summed E-state index contributed by atoms with van der Waals surface area (Å²) in [7, 11) is 0. The molecule has 1 aromatic carbocycles. The van der Waals surface area contributed by atoms with E-state index in [-0.39, 0.29) is 23.0 Å². The minimum atomic E-state index is -0.280. The van der Waals surface area contributed by atoms with Crippen molar-refractivity contribution in [3.8, 4) is 0 Å². The van der Waals surface area contributed by atoms with Crippen LogP contribution in [0.2, 0.25) is 0 Å². The van der Waals surface area contributed by atoms with Gasteiger partial charge in [-0.25, -0.2) is 4.98 Å². The summed E-state index contributed by atoms with van der Waals surface area (Å²) < 4.78 is 0. The first-order valence-corrected chi connectivity index (χ1v) is 7.74. The molecule has 1 N–H and O–H groups in total. The van der Waals surface area contributed by atoms with Crippen molar-refractivity contribution in [3.05, 3.63) is 63.3 Å². The quantitative estimate of drug-likeness (QED) is 0.861. The number of ketones is 1. The molecule has 22 heavy (non-hydrogen) atoms. The number of hydrogen-bond donors (Lipinski definition) is 1. The minimum Gasteiger partial charge on any atom is -0.311 e. The first-order valence-electron chi connectivity index (χ1n) is 7.74. The number of carbonyl (C=O) groups excluding carboxylic acids is 1. The van der Waals surface area contributed by atoms with Gasteiger partial charge in [-0.3, -0.25) is 9.59 Å². The second-order valence-corrected chi connectivity index (χ2v) is 6.19. The third-order valence-electron chi connectivity index (χ3n) is 4.19. The van der Waals surface area contributed by atoms with Crippen molar-refractivity contribution in [2.75, 3.05) is 0 Å². The SMILES string of the molecule is Cc1nc(C(=O)C[C@H](C)c2ccc(C3CC3)cc2)cc(=O)[nH]1. The van der Waals surface area contributed by atoms with Crippen LogP contribution in [0.3, 0.4) is 0 Å². The molecule has 0 bridgehead atoms. The number of benzene rings is 1. The van der Waals surface area contributed by atoms with Crippen LogP contribution in [-0.2, 0) is 0 Å². The Kier molecular flexibility index (Phi) is 3.92. The van der Waals surface area contributed by atoms with Crippen molar-refractivity contribution >= 4 is 5.78 Å². The van der Waals surface area contributed by atoms with Crippen LogP contribution < -0.4 is 5.56 Å². The number of Topliss-reactive ketones (excluding diaryl/α,β-unsaturated/α-hetero) is 1. The largest absolute Gasteiger partial charge is 0.311 e. The average molecular weight is 296 g/mol. The van der Waals surface area contributed by atoms with Crippen LogP contribution in [0.1, 0.15) is 65.5 Å². The Morgan fingerprint density at radius 2 is 2.00 bits per heavy atom. The van der Waals surface area contributed by atoms with Crippen molar-refractivity contribution in [2.45, 2.75) is 44.9 Å². The van der Waals surface area contributed by atoms with Gasteiger partial charge in [0.1, 0.15) is 11.5 Å². The number of carbonyl (C=O) groups is 1. The molecule has 0 aliphatic heterocycles. The normalized spacial score (nSPS) is 15.5. The van der Waals surface area contributed by atoms with E-state index < -0.39 is 0 Å². The van der Waals surface area contributed by atoms with E-state index in [4.69, 9.17) is 0 Å². The second kappa shape index (κ2) is 5.87. The second-order valence-electron chi connectivity index (χ2n) is 6.19. The first-order chi connectivity index (χ1) is 10.5. The van der Waals surface area contributed by atoms with Crippen LogP contribution in [0.4, 0.5) is 0 Å². The van der Waals surface area contributed by atoms with Crippen molar-refractivity contribution < 1.29 is 4.79 Å². The van der Waals surface area contributed by atoms with Gasteiger partial charge in [-0.2, -0.15) is 0 Å². The lowest BCUT2D eigenvalue weighted by Gasteiger charge is -2.11. The molecule has 0 spiro atoms. The fraction of sp³-hybridized carbons (Fsp3) is 0.389. The van der Waals surface area contributed by atoms with Gasteiger partial charge in [0.15, 0.2) is 5.78 Å². The monoisotopic (exact) mass is 296 g/mol. The van der Waals surface area contributed by atoms with Crippen LogP contribution >= 0.6 is 0 Å². The highest BCUT2D eigenvalue weighted by molar-refractivity contribution is 5.94. The Hall–Kier alpha value is -2.23. The number of rotatable bonds is 5. The van der Waals surface area contributed by atoms with Crippen LogP contribution in [0.15, 0.2) is 35.1 Å². The van der Waals surface area contributed by atoms with Crippen LogP contribution in [0, 0.1) is 6.92 Å². The molecule has 4 nitrogen and oxygen atoms in total. The smallest absolute Gasteiger partial charge is 0.251 e. The highest BCUT2D eigenvalue weighted by Crippen LogP contribution is 2.40. The lowest BCUT2D eigenvalue weighted by Crippen LogP contribution is -2.15. The number of aromatic amines is 1. The molecule has 1 aliphatic rings. The lowest BCUT2D eigenvalue weighted by atomic mass is 9.93. The zero-order valence-corrected chi connectivity index (χ0v) is 12.9. The molecule has 3 rings (SSSR count). The lowest BCUT2D eigenvalue weighted by molar-refractivity contribution is 0.0970. The van der Waals surface area contributed by atoms with Crippen LogP contribution in [-0.4, -0.2) is 15.8 Å². The molecule has 1 heterocycles. The third-order valence-corrected chi connectivity index (χ3v) is 4.19. The Balaban J connectivity index is 1.70. The summed E-state index contributed by atoms with van der Waals surface area (Å²) in [5.74, 6) is 1.24. The van der Waals surface area contributed by atoms with Gasteiger partial charge in [0.05, 0.1) is 0 Å². The Bertz CT molecular complexity index is 742. The van der Waals surface area contributed by atoms with Gasteiger partial charge in [-0.05, 0) is 42.7 Å². The van der Waals surface area contributed by atoms with Gasteiger partial charge >= 0.3 is 0 Å². The number of hydrogen-bond acceptors (Lipinski definition) is 3. The third kappa shape index (κ3) is 3.32. The number of aromatic nitrogens is 2. The van der Waals surface area contributed by atoms with E-state index in [0.29, 0.717) is 12.2 Å². The molecular formula is C18H20N2O2. The van der Waals surface area contributed by atoms with Crippen molar-refractivity contribution in [1.82, 2.24) is 9.97 Å². The van der Waals surface area contributed by atoms with Gasteiger partial charge in [0.2, 0.25) is 0 Å². The fourth-order valence-electron chi connectivity index (χ4n) is 2.74. The van der Waals surface area contributed by atoms with Crippen molar-refractivity contribution in [3.63, 3.8) is 0 Å². The molecular weight excluding hydrogens is 276 g/mol. The maximum Gasteiger partial charge on any atom is 0.251 e. The molecule has 114 valence electrons. The van der Waals surface area contributed by atoms with Crippen LogP contribution in [0.5, 0.6) is 0 Å². The number of aryl methyl sites for hydroxylation is 1. The van der Waals surface area contributed by atoms with E-state index in [2.05, 4.69) is 34.2 Å². The van der Waals surface area contributed by atoms with Crippen molar-refractivity contribution in [1.29, 1.82) is 0 Å². The molecule has 0 amide bonds. The summed E-state index contributed by atoms with van der Waals surface area (Å²) >= 11 is 0. The summed E-state index contributed by atoms with van der Waals surface area (Å²) in [4.78, 5) is 30.4. The first kappa shape index (κ1) is 14.7. The summed E-state index contributed by atoms with van der Waals surface area (Å²) in [6.07, 6.45) is 2.95. The molecule has 1 fully saturated rings. The molecule has 0 unspecified atom stereocenters. The molecule has 2 aromatic rings. The summed E-state index contributed by atoms with van der Waals surface area (Å²) in [6.45, 7) is 3.71. The van der Waals surface area contributed by atoms with Crippen LogP contribution in [0.25, 0.3) is 0 Å². The number of nitrogens with zero attached hydrogens (tertiary/aromatic N) is 1. The molecule has 4 heteroatoms. The van der Waals surface area contributed by atoms with Gasteiger partial charge < -0.3 is 4.98 Å². The topological polar surface area (TPSA) is 62.8 Å². The maximum atomic E-state index is 12.3. The summed E-state index contributed by atoms with van der Waals surface area (Å²) in [5.41, 5.74) is 2.52. The van der Waals surface area contributed by atoms with E-state index in [0.717, 1.165) is 11.5 Å². The highest BCUT2D eigenvalue weighted by atomic mass is 16.1. The van der Waals surface area contributed by atoms with E-state index in [9.17, 15) is 9.59 Å². The predicted molar refractivity (Wildman–Crippen MR) is 85.4 cm³/mol. The van der Waals surface area contributed by atoms with Gasteiger partial charge in [-0.15, -0.1) is 0 Å². The molecule has 1 aromatic heterocycles. The average Bonchev–Trinajstić information content (AvgIpc) is 3.31. The molecule has 1 atom stereocenters. The number of nitrogens with one attached hydrogen (secondary N) is 1. The molecule has 0 saturated heterocycles. The van der Waals surface area contributed by atoms with E-state index in [1.165, 1.54) is 24.5 Å². The molecule has 1 aliphatic carbocycles. The van der Waals surface area contributed by atoms with Gasteiger partial charge in [0, 0.05) is 12.5 Å². The standard InChI is InChI=1S/C18H20N2O2/c1-11(13-3-5-14(6-4-13)15-7-8-15)9-17(21)16-10-18(22)20-12(2)19-16/h3-6,10-11,15H,7-9H2,1-2H3,(H,19,20,22)/t11-/m0/s1. The number of H-pyrrole nitrogens is 1. The summed E-state index contributed by atoms with van der Waals surface area (Å²) in [6, 6.07) is 9.84. The van der Waals surface area contributed by atoms with E-state index >= 15 is 0 Å².